The van der Waals surface area contributed by atoms with Gasteiger partial charge < -0.3 is 20.9 Å². The molecule has 7 heteroatoms. The molecule has 24 heavy (non-hydrogen) atoms. The zero-order valence-electron chi connectivity index (χ0n) is 14.3. The van der Waals surface area contributed by atoms with Crippen LogP contribution in [-0.2, 0) is 22.7 Å². The molecule has 0 fully saturated rings. The smallest absolute Gasteiger partial charge is 0.123 e. The number of pyridine rings is 2. The van der Waals surface area contributed by atoms with Gasteiger partial charge in [-0.1, -0.05) is 0 Å². The normalized spacial score (nSPS) is 12.3. The lowest BCUT2D eigenvalue weighted by atomic mass is 10.2. The first-order valence-corrected chi connectivity index (χ1v) is 8.74. The number of nitrogens with two attached hydrogens (primary N) is 2. The van der Waals surface area contributed by atoms with E-state index < -0.39 is 0 Å². The van der Waals surface area contributed by atoms with Gasteiger partial charge in [0.25, 0.3) is 0 Å². The van der Waals surface area contributed by atoms with E-state index in [1.54, 1.807) is 11.8 Å². The highest BCUT2D eigenvalue weighted by Gasteiger charge is 2.06. The van der Waals surface area contributed by atoms with E-state index in [0.717, 1.165) is 22.5 Å². The molecule has 0 bridgehead atoms. The first kappa shape index (κ1) is 18.5. The molecule has 0 aliphatic rings. The largest absolute Gasteiger partial charge is 0.384 e. The van der Waals surface area contributed by atoms with E-state index in [-0.39, 0.29) is 5.44 Å². The number of anilines is 2. The van der Waals surface area contributed by atoms with Gasteiger partial charge in [0.05, 0.1) is 30.5 Å². The molecule has 1 atom stereocenters. The SMILES string of the molecule is Cc1cc(N)nc(COCSC(C)OCc2cc(C)cc(N)n2)c1. The molecule has 2 aromatic rings. The maximum atomic E-state index is 5.76. The monoisotopic (exact) mass is 348 g/mol. The maximum absolute atomic E-state index is 5.76. The van der Waals surface area contributed by atoms with Crippen molar-refractivity contribution in [3.8, 4) is 0 Å². The minimum Gasteiger partial charge on any atom is -0.384 e. The number of nitrogen functional groups attached to an aromatic ring is 2. The molecule has 2 heterocycles. The van der Waals surface area contributed by atoms with Crippen LogP contribution >= 0.6 is 11.8 Å². The van der Waals surface area contributed by atoms with Crippen molar-refractivity contribution in [1.82, 2.24) is 9.97 Å². The second-order valence-corrected chi connectivity index (χ2v) is 6.87. The minimum atomic E-state index is -0.0101. The third kappa shape index (κ3) is 6.35. The fourth-order valence-corrected chi connectivity index (χ4v) is 2.76. The summed E-state index contributed by atoms with van der Waals surface area (Å²) in [7, 11) is 0. The molecule has 0 aromatic carbocycles. The standard InChI is InChI=1S/C17H24N4O2S/c1-11-4-14(20-16(18)6-11)8-22-10-24-13(3)23-9-15-5-12(2)7-17(19)21-15/h4-7,13H,8-10H2,1-3H3,(H2,18,20)(H2,19,21). The summed E-state index contributed by atoms with van der Waals surface area (Å²) in [5.41, 5.74) is 15.3. The lowest BCUT2D eigenvalue weighted by Gasteiger charge is -2.13. The maximum Gasteiger partial charge on any atom is 0.123 e. The Morgan fingerprint density at radius 3 is 2.04 bits per heavy atom. The molecular weight excluding hydrogens is 324 g/mol. The number of aromatic nitrogens is 2. The Bertz CT molecular complexity index is 641. The quantitative estimate of drug-likeness (QED) is 0.559. The fraction of sp³-hybridized carbons (Fsp3) is 0.412. The highest BCUT2D eigenvalue weighted by Crippen LogP contribution is 2.16. The van der Waals surface area contributed by atoms with Crippen molar-refractivity contribution in [3.63, 3.8) is 0 Å². The van der Waals surface area contributed by atoms with Gasteiger partial charge >= 0.3 is 0 Å². The molecule has 130 valence electrons. The molecule has 2 aromatic heterocycles. The van der Waals surface area contributed by atoms with Gasteiger partial charge in [-0.25, -0.2) is 9.97 Å². The van der Waals surface area contributed by atoms with E-state index in [1.807, 2.05) is 45.0 Å². The third-order valence-electron chi connectivity index (χ3n) is 3.19. The van der Waals surface area contributed by atoms with Gasteiger partial charge in [-0.15, -0.1) is 11.8 Å². The summed E-state index contributed by atoms with van der Waals surface area (Å²) >= 11 is 1.57. The van der Waals surface area contributed by atoms with E-state index in [4.69, 9.17) is 20.9 Å². The van der Waals surface area contributed by atoms with Gasteiger partial charge in [-0.05, 0) is 56.2 Å². The van der Waals surface area contributed by atoms with Gasteiger partial charge in [0, 0.05) is 0 Å². The van der Waals surface area contributed by atoms with Crippen LogP contribution in [0.25, 0.3) is 0 Å². The molecule has 6 nitrogen and oxygen atoms in total. The minimum absolute atomic E-state index is 0.0101. The average Bonchev–Trinajstić information content (AvgIpc) is 2.48. The van der Waals surface area contributed by atoms with Crippen LogP contribution in [0.3, 0.4) is 0 Å². The molecule has 1 unspecified atom stereocenters. The molecule has 0 amide bonds. The first-order valence-electron chi connectivity index (χ1n) is 7.69. The zero-order chi connectivity index (χ0) is 17.5. The van der Waals surface area contributed by atoms with Crippen LogP contribution in [0.15, 0.2) is 24.3 Å². The summed E-state index contributed by atoms with van der Waals surface area (Å²) in [5.74, 6) is 1.55. The second-order valence-electron chi connectivity index (χ2n) is 5.63. The van der Waals surface area contributed by atoms with Crippen LogP contribution < -0.4 is 11.5 Å². The number of nitrogens with zero attached hydrogens (tertiary/aromatic N) is 2. The molecule has 0 saturated carbocycles. The lowest BCUT2D eigenvalue weighted by molar-refractivity contribution is 0.103. The third-order valence-corrected chi connectivity index (χ3v) is 4.10. The molecule has 0 spiro atoms. The number of aryl methyl sites for hydroxylation is 2. The predicted octanol–water partition coefficient (Wildman–Crippen LogP) is 3.03. The van der Waals surface area contributed by atoms with Crippen molar-refractivity contribution in [3.05, 3.63) is 46.8 Å². The molecule has 2 rings (SSSR count). The summed E-state index contributed by atoms with van der Waals surface area (Å²) < 4.78 is 11.4. The van der Waals surface area contributed by atoms with Crippen LogP contribution in [0.2, 0.25) is 0 Å². The van der Waals surface area contributed by atoms with Crippen molar-refractivity contribution >= 4 is 23.4 Å². The van der Waals surface area contributed by atoms with E-state index in [0.29, 0.717) is 30.8 Å². The van der Waals surface area contributed by atoms with Gasteiger partial charge in [0.2, 0.25) is 0 Å². The van der Waals surface area contributed by atoms with Crippen molar-refractivity contribution in [2.24, 2.45) is 0 Å². The molecule has 4 N–H and O–H groups in total. The Balaban J connectivity index is 1.68. The number of ether oxygens (including phenoxy) is 2. The Kier molecular flexibility index (Phi) is 6.84. The van der Waals surface area contributed by atoms with Crippen molar-refractivity contribution in [2.45, 2.75) is 39.4 Å². The van der Waals surface area contributed by atoms with Gasteiger partial charge in [0.15, 0.2) is 0 Å². The topological polar surface area (TPSA) is 96.3 Å². The molecular formula is C17H24N4O2S. The zero-order valence-corrected chi connectivity index (χ0v) is 15.1. The van der Waals surface area contributed by atoms with Crippen LogP contribution in [-0.4, -0.2) is 21.3 Å². The summed E-state index contributed by atoms with van der Waals surface area (Å²) in [6.45, 7) is 6.81. The van der Waals surface area contributed by atoms with Crippen molar-refractivity contribution in [2.75, 3.05) is 17.4 Å². The van der Waals surface area contributed by atoms with Crippen molar-refractivity contribution < 1.29 is 9.47 Å². The van der Waals surface area contributed by atoms with Crippen LogP contribution in [0, 0.1) is 13.8 Å². The van der Waals surface area contributed by atoms with Gasteiger partial charge in [-0.2, -0.15) is 0 Å². The molecule has 0 aliphatic heterocycles. The Hall–Kier alpha value is -1.83. The highest BCUT2D eigenvalue weighted by molar-refractivity contribution is 7.99. The molecule has 0 saturated heterocycles. The number of thioether (sulfide) groups is 1. The molecule has 0 aliphatic carbocycles. The Labute approximate surface area is 147 Å². The van der Waals surface area contributed by atoms with Gasteiger partial charge in [0.1, 0.15) is 17.1 Å². The first-order chi connectivity index (χ1) is 11.4. The van der Waals surface area contributed by atoms with Crippen LogP contribution in [0.4, 0.5) is 11.6 Å². The summed E-state index contributed by atoms with van der Waals surface area (Å²) in [6.07, 6.45) is 0. The second kappa shape index (κ2) is 8.86. The fourth-order valence-electron chi connectivity index (χ4n) is 2.23. The predicted molar refractivity (Wildman–Crippen MR) is 98.3 cm³/mol. The lowest BCUT2D eigenvalue weighted by Crippen LogP contribution is -2.08. The van der Waals surface area contributed by atoms with Crippen LogP contribution in [0.1, 0.15) is 29.4 Å². The summed E-state index contributed by atoms with van der Waals surface area (Å²) in [6, 6.07) is 7.61. The summed E-state index contributed by atoms with van der Waals surface area (Å²) in [5, 5.41) is 0. The summed E-state index contributed by atoms with van der Waals surface area (Å²) in [4.78, 5) is 8.49. The Morgan fingerprint density at radius 1 is 0.958 bits per heavy atom. The van der Waals surface area contributed by atoms with E-state index in [9.17, 15) is 0 Å². The average molecular weight is 348 g/mol. The number of rotatable bonds is 8. The number of hydrogen-bond acceptors (Lipinski definition) is 7. The Morgan fingerprint density at radius 2 is 1.50 bits per heavy atom. The van der Waals surface area contributed by atoms with E-state index in [2.05, 4.69) is 9.97 Å². The van der Waals surface area contributed by atoms with E-state index in [1.165, 1.54) is 0 Å². The van der Waals surface area contributed by atoms with E-state index >= 15 is 0 Å². The highest BCUT2D eigenvalue weighted by atomic mass is 32.2. The number of hydrogen-bond donors (Lipinski definition) is 2. The van der Waals surface area contributed by atoms with Gasteiger partial charge in [-0.3, -0.25) is 0 Å². The van der Waals surface area contributed by atoms with Crippen LogP contribution in [0.5, 0.6) is 0 Å². The van der Waals surface area contributed by atoms with Crippen molar-refractivity contribution in [1.29, 1.82) is 0 Å². The molecule has 0 radical (unpaired) electrons.